The molecule has 0 amide bonds. The average Bonchev–Trinajstić information content (AvgIpc) is 3.43. The summed E-state index contributed by atoms with van der Waals surface area (Å²) in [7, 11) is 0. The molecule has 0 spiro atoms. The molecule has 1 aliphatic rings. The van der Waals surface area contributed by atoms with Gasteiger partial charge in [0.15, 0.2) is 10.8 Å². The van der Waals surface area contributed by atoms with E-state index in [-0.39, 0.29) is 94.7 Å². The van der Waals surface area contributed by atoms with Crippen molar-refractivity contribution in [2.75, 3.05) is 11.5 Å². The Labute approximate surface area is 221 Å². The van der Waals surface area contributed by atoms with Gasteiger partial charge in [-0.1, -0.05) is 46.4 Å². The average molecular weight is 493 g/mol. The standard InChI is InChI=1S/C8H8ClN3O2.C6H3Cl3N2O2.K/c9-4-5(8(13)14)11-7(3-1-2-3)12-6(4)10;7-1-3(10)2(8)5(9)11-4(1)6(12)13;/h3H,1-2H2,(H,13,14)(H2,10,11,12);(H2,10,11)(H,12,13);/q;;+1/p-1. The predicted octanol–water partition coefficient (Wildman–Crippen LogP) is -0.721. The molecule has 2 aromatic heterocycles. The number of rotatable bonds is 3. The van der Waals surface area contributed by atoms with Gasteiger partial charge >= 0.3 is 57.4 Å². The third-order valence-corrected chi connectivity index (χ3v) is 4.81. The Morgan fingerprint density at radius 2 is 1.54 bits per heavy atom. The third-order valence-electron chi connectivity index (χ3n) is 3.30. The molecule has 1 saturated carbocycles. The summed E-state index contributed by atoms with van der Waals surface area (Å²) in [5.74, 6) is -1.95. The summed E-state index contributed by atoms with van der Waals surface area (Å²) in [6.45, 7) is 0. The predicted molar refractivity (Wildman–Crippen MR) is 98.4 cm³/mol. The first kappa shape index (κ1) is 25.6. The van der Waals surface area contributed by atoms with Crippen LogP contribution in [0, 0.1) is 0 Å². The van der Waals surface area contributed by atoms with Crippen LogP contribution in [0.2, 0.25) is 20.2 Å². The number of nitrogens with zero attached hydrogens (tertiary/aromatic N) is 3. The van der Waals surface area contributed by atoms with Crippen LogP contribution in [0.25, 0.3) is 0 Å². The molecule has 5 N–H and O–H groups in total. The molecule has 1 aliphatic carbocycles. The zero-order chi connectivity index (χ0) is 20.5. The molecule has 0 aromatic carbocycles. The van der Waals surface area contributed by atoms with Gasteiger partial charge in [0, 0.05) is 5.92 Å². The number of carbonyl (C=O) groups excluding carboxylic acids is 1. The van der Waals surface area contributed by atoms with Crippen molar-refractivity contribution in [2.24, 2.45) is 0 Å². The molecular weight excluding hydrogens is 483 g/mol. The van der Waals surface area contributed by atoms with Crippen LogP contribution < -0.4 is 68.0 Å². The van der Waals surface area contributed by atoms with E-state index < -0.39 is 17.6 Å². The van der Waals surface area contributed by atoms with E-state index in [1.165, 1.54) is 0 Å². The number of pyridine rings is 1. The molecule has 0 unspecified atom stereocenters. The summed E-state index contributed by atoms with van der Waals surface area (Å²) in [4.78, 5) is 32.4. The van der Waals surface area contributed by atoms with Gasteiger partial charge in [0.05, 0.1) is 16.7 Å². The number of carboxylic acid groups (broad SMARTS) is 2. The van der Waals surface area contributed by atoms with Crippen LogP contribution in [0.5, 0.6) is 0 Å². The van der Waals surface area contributed by atoms with E-state index in [4.69, 9.17) is 63.0 Å². The van der Waals surface area contributed by atoms with Crippen LogP contribution in [-0.2, 0) is 0 Å². The maximum absolute atomic E-state index is 10.7. The van der Waals surface area contributed by atoms with E-state index in [1.807, 2.05) is 0 Å². The first-order valence-corrected chi connectivity index (χ1v) is 8.63. The second-order valence-electron chi connectivity index (χ2n) is 5.29. The van der Waals surface area contributed by atoms with Gasteiger partial charge in [0.25, 0.3) is 0 Å². The number of aromatic carboxylic acids is 2. The Bertz CT molecular complexity index is 943. The molecule has 3 rings (SSSR count). The first-order valence-electron chi connectivity index (χ1n) is 7.12. The van der Waals surface area contributed by atoms with Crippen molar-refractivity contribution >= 4 is 69.8 Å². The Kier molecular flexibility index (Phi) is 9.65. The summed E-state index contributed by atoms with van der Waals surface area (Å²) in [6, 6.07) is 0. The van der Waals surface area contributed by atoms with E-state index in [9.17, 15) is 14.7 Å². The minimum absolute atomic E-state index is 0. The Morgan fingerprint density at radius 1 is 0.964 bits per heavy atom. The van der Waals surface area contributed by atoms with Gasteiger partial charge < -0.3 is 26.5 Å². The number of nitrogens with two attached hydrogens (primary N) is 2. The maximum atomic E-state index is 10.7. The summed E-state index contributed by atoms with van der Waals surface area (Å²) >= 11 is 22.2. The number of anilines is 2. The van der Waals surface area contributed by atoms with Crippen molar-refractivity contribution in [1.29, 1.82) is 0 Å². The van der Waals surface area contributed by atoms with Crippen molar-refractivity contribution in [2.45, 2.75) is 18.8 Å². The van der Waals surface area contributed by atoms with E-state index in [0.29, 0.717) is 5.82 Å². The van der Waals surface area contributed by atoms with Gasteiger partial charge in [-0.3, -0.25) is 0 Å². The second kappa shape index (κ2) is 10.6. The van der Waals surface area contributed by atoms with Crippen LogP contribution in [0.15, 0.2) is 0 Å². The van der Waals surface area contributed by atoms with Gasteiger partial charge in [0.2, 0.25) is 0 Å². The zero-order valence-electron chi connectivity index (χ0n) is 14.2. The van der Waals surface area contributed by atoms with Gasteiger partial charge in [-0.25, -0.2) is 19.7 Å². The summed E-state index contributed by atoms with van der Waals surface area (Å²) in [6.07, 6.45) is 1.97. The fraction of sp³-hybridized carbons (Fsp3) is 0.214. The molecule has 144 valence electrons. The topological polar surface area (TPSA) is 168 Å². The van der Waals surface area contributed by atoms with Crippen LogP contribution in [-0.4, -0.2) is 32.0 Å². The van der Waals surface area contributed by atoms with Crippen molar-refractivity contribution in [1.82, 2.24) is 15.0 Å². The van der Waals surface area contributed by atoms with E-state index in [1.54, 1.807) is 0 Å². The molecule has 0 bridgehead atoms. The zero-order valence-corrected chi connectivity index (χ0v) is 20.3. The number of carboxylic acids is 2. The van der Waals surface area contributed by atoms with Gasteiger partial charge in [-0.15, -0.1) is 0 Å². The Balaban J connectivity index is 0.000000271. The smallest absolute Gasteiger partial charge is 0.543 e. The largest absolute Gasteiger partial charge is 1.00 e. The fourth-order valence-electron chi connectivity index (χ4n) is 1.81. The van der Waals surface area contributed by atoms with Crippen molar-refractivity contribution in [3.05, 3.63) is 37.4 Å². The minimum Gasteiger partial charge on any atom is -0.543 e. The second-order valence-corrected chi connectivity index (χ2v) is 6.78. The van der Waals surface area contributed by atoms with E-state index >= 15 is 0 Å². The Hall–Kier alpha value is -0.434. The SMILES string of the molecule is Nc1c(Cl)c(Cl)nc(C(=O)[O-])c1Cl.Nc1nc(C2CC2)nc(C(=O)O)c1Cl.[K+]. The minimum atomic E-state index is -1.56. The number of halogens is 4. The molecule has 2 aromatic rings. The molecule has 2 heterocycles. The maximum Gasteiger partial charge on any atom is 1.00 e. The van der Waals surface area contributed by atoms with E-state index in [0.717, 1.165) is 12.8 Å². The number of hydrogen-bond acceptors (Lipinski definition) is 8. The van der Waals surface area contributed by atoms with Gasteiger partial charge in [0.1, 0.15) is 27.4 Å². The molecule has 0 aliphatic heterocycles. The molecule has 9 nitrogen and oxygen atoms in total. The Morgan fingerprint density at radius 3 is 2.00 bits per heavy atom. The van der Waals surface area contributed by atoms with E-state index in [2.05, 4.69) is 15.0 Å². The summed E-state index contributed by atoms with van der Waals surface area (Å²) in [5.41, 5.74) is 9.97. The molecular formula is C14H10Cl4KN5O4. The number of aromatic nitrogens is 3. The summed E-state index contributed by atoms with van der Waals surface area (Å²) < 4.78 is 0. The molecule has 28 heavy (non-hydrogen) atoms. The van der Waals surface area contributed by atoms with Crippen molar-refractivity contribution in [3.63, 3.8) is 0 Å². The summed E-state index contributed by atoms with van der Waals surface area (Å²) in [5, 5.41) is 18.6. The van der Waals surface area contributed by atoms with Gasteiger partial charge in [-0.05, 0) is 12.8 Å². The number of carbonyl (C=O) groups is 2. The first-order chi connectivity index (χ1) is 12.5. The van der Waals surface area contributed by atoms with Crippen molar-refractivity contribution < 1.29 is 71.2 Å². The third kappa shape index (κ3) is 6.03. The molecule has 0 saturated heterocycles. The van der Waals surface area contributed by atoms with Gasteiger partial charge in [-0.2, -0.15) is 0 Å². The van der Waals surface area contributed by atoms with Crippen LogP contribution in [0.1, 0.15) is 45.6 Å². The fourth-order valence-corrected chi connectivity index (χ4v) is 2.57. The number of nitrogen functional groups attached to an aromatic ring is 2. The van der Waals surface area contributed by atoms with Crippen LogP contribution in [0.3, 0.4) is 0 Å². The monoisotopic (exact) mass is 491 g/mol. The quantitative estimate of drug-likeness (QED) is 0.369. The van der Waals surface area contributed by atoms with Crippen molar-refractivity contribution in [3.8, 4) is 0 Å². The molecule has 1 fully saturated rings. The normalized spacial score (nSPS) is 12.4. The van der Waals surface area contributed by atoms with Crippen LogP contribution in [0.4, 0.5) is 11.5 Å². The molecule has 0 radical (unpaired) electrons. The molecule has 0 atom stereocenters. The van der Waals surface area contributed by atoms with Crippen LogP contribution >= 0.6 is 46.4 Å². The number of hydrogen-bond donors (Lipinski definition) is 3. The molecule has 14 heteroatoms.